The second-order valence-electron chi connectivity index (χ2n) is 4.99. The first-order chi connectivity index (χ1) is 11.2. The van der Waals surface area contributed by atoms with Crippen LogP contribution in [0.15, 0.2) is 91.0 Å². The number of hydrogen-bond acceptors (Lipinski definition) is 1. The number of carboxylic acids is 1. The van der Waals surface area contributed by atoms with Crippen LogP contribution in [0.5, 0.6) is 0 Å². The fourth-order valence-electron chi connectivity index (χ4n) is 2.31. The van der Waals surface area contributed by atoms with E-state index in [9.17, 15) is 0 Å². The van der Waals surface area contributed by atoms with E-state index in [2.05, 4.69) is 91.0 Å². The van der Waals surface area contributed by atoms with Gasteiger partial charge in [0.15, 0.2) is 0 Å². The summed E-state index contributed by atoms with van der Waals surface area (Å²) >= 11 is -1.63. The van der Waals surface area contributed by atoms with Gasteiger partial charge in [-0.25, -0.2) is 0 Å². The second kappa shape index (κ2) is 11.2. The van der Waals surface area contributed by atoms with Gasteiger partial charge in [-0.05, 0) is 0 Å². The van der Waals surface area contributed by atoms with Crippen molar-refractivity contribution < 1.29 is 37.2 Å². The molecule has 0 atom stereocenters. The van der Waals surface area contributed by atoms with Crippen LogP contribution in [0, 0.1) is 0 Å². The molecule has 0 fully saturated rings. The summed E-state index contributed by atoms with van der Waals surface area (Å²) in [6, 6.07) is 32.8. The first kappa shape index (κ1) is 20.6. The van der Waals surface area contributed by atoms with Crippen molar-refractivity contribution in [2.45, 2.75) is 6.92 Å². The maximum absolute atomic E-state index is 9.00. The Morgan fingerprint density at radius 2 is 0.875 bits per heavy atom. The van der Waals surface area contributed by atoms with Crippen LogP contribution in [-0.4, -0.2) is 25.4 Å². The first-order valence-corrected chi connectivity index (χ1v) is 10.6. The molecule has 4 heteroatoms. The van der Waals surface area contributed by atoms with Crippen LogP contribution in [0.3, 0.4) is 0 Å². The van der Waals surface area contributed by atoms with Crippen molar-refractivity contribution in [3.63, 3.8) is 0 Å². The standard InChI is InChI=1S/C18H15Ge.C2H4O2.Cd/c1-4-10-16(11-5-1)19(17-12-6-2-7-13-17)18-14-8-3-9-15-18;1-2(3)4;/h1-15H;1H3,(H,3,4);. The number of carboxylic acid groups (broad SMARTS) is 1. The number of aliphatic carboxylic acids is 1. The van der Waals surface area contributed by atoms with Gasteiger partial charge in [0.25, 0.3) is 5.97 Å². The Hall–Kier alpha value is -1.41. The molecule has 3 aromatic rings. The molecule has 0 aliphatic heterocycles. The molecule has 1 radical (unpaired) electrons. The Balaban J connectivity index is 0.000000522. The predicted octanol–water partition coefficient (Wildman–Crippen LogP) is 2.29. The van der Waals surface area contributed by atoms with Crippen molar-refractivity contribution in [1.82, 2.24) is 0 Å². The Morgan fingerprint density at radius 3 is 1.08 bits per heavy atom. The number of carbonyl (C=O) groups is 1. The van der Waals surface area contributed by atoms with Crippen molar-refractivity contribution >= 4 is 33.5 Å². The van der Waals surface area contributed by atoms with E-state index in [1.54, 1.807) is 0 Å². The summed E-state index contributed by atoms with van der Waals surface area (Å²) in [5.41, 5.74) is 0. The van der Waals surface area contributed by atoms with Crippen LogP contribution < -0.4 is 13.2 Å². The zero-order chi connectivity index (χ0) is 16.5. The van der Waals surface area contributed by atoms with E-state index in [0.717, 1.165) is 6.92 Å². The van der Waals surface area contributed by atoms with Crippen LogP contribution in [-0.2, 0) is 32.1 Å². The molecule has 3 rings (SSSR count). The van der Waals surface area contributed by atoms with Gasteiger partial charge in [0.05, 0.1) is 0 Å². The van der Waals surface area contributed by atoms with E-state index in [1.807, 2.05) is 0 Å². The molecule has 0 aliphatic carbocycles. The average molecular weight is 476 g/mol. The van der Waals surface area contributed by atoms with Crippen LogP contribution in [0.2, 0.25) is 0 Å². The molecule has 0 bridgehead atoms. The Bertz CT molecular complexity index is 620. The monoisotopic (exact) mass is 479 g/mol. The van der Waals surface area contributed by atoms with Gasteiger partial charge in [-0.15, -0.1) is 0 Å². The molecule has 0 aliphatic rings. The maximum atomic E-state index is 9.00. The molecule has 0 heterocycles. The molecule has 117 valence electrons. The summed E-state index contributed by atoms with van der Waals surface area (Å²) < 4.78 is 4.50. The molecule has 1 N–H and O–H groups in total. The number of hydrogen-bond donors (Lipinski definition) is 1. The van der Waals surface area contributed by atoms with E-state index in [4.69, 9.17) is 9.90 Å². The molecule has 2 nitrogen and oxygen atoms in total. The summed E-state index contributed by atoms with van der Waals surface area (Å²) in [5.74, 6) is -0.833. The molecular weight excluding hydrogens is 457 g/mol. The van der Waals surface area contributed by atoms with Gasteiger partial charge in [-0.1, -0.05) is 0 Å². The van der Waals surface area contributed by atoms with E-state index >= 15 is 0 Å². The van der Waals surface area contributed by atoms with Gasteiger partial charge >= 0.3 is 119 Å². The molecule has 3 aromatic carbocycles. The quantitative estimate of drug-likeness (QED) is 0.590. The van der Waals surface area contributed by atoms with E-state index in [-0.39, 0.29) is 27.3 Å². The minimum absolute atomic E-state index is 0. The van der Waals surface area contributed by atoms with Crippen molar-refractivity contribution in [3.05, 3.63) is 91.0 Å². The van der Waals surface area contributed by atoms with Crippen molar-refractivity contribution in [3.8, 4) is 0 Å². The topological polar surface area (TPSA) is 37.3 Å². The summed E-state index contributed by atoms with van der Waals surface area (Å²) in [6.07, 6.45) is 0. The van der Waals surface area contributed by atoms with Gasteiger partial charge in [0.1, 0.15) is 0 Å². The van der Waals surface area contributed by atoms with Gasteiger partial charge in [-0.3, -0.25) is 4.79 Å². The minimum atomic E-state index is -1.63. The summed E-state index contributed by atoms with van der Waals surface area (Å²) in [6.45, 7) is 1.08. The van der Waals surface area contributed by atoms with E-state index < -0.39 is 20.3 Å². The van der Waals surface area contributed by atoms with Crippen LogP contribution >= 0.6 is 0 Å². The molecule has 0 unspecified atom stereocenters. The van der Waals surface area contributed by atoms with Gasteiger partial charge < -0.3 is 5.11 Å². The molecular formula is C20H19CdGeO2. The third-order valence-corrected chi connectivity index (χ3v) is 8.92. The Kier molecular flexibility index (Phi) is 9.63. The molecule has 0 amide bonds. The molecule has 24 heavy (non-hydrogen) atoms. The molecule has 0 saturated heterocycles. The SMILES string of the molecule is CC(=O)O.[Cd].c1cc[c]([Ge]([c]2ccccc2)[c]2ccccc2)cc1. The van der Waals surface area contributed by atoms with E-state index in [1.165, 1.54) is 13.2 Å². The Morgan fingerprint density at radius 1 is 0.667 bits per heavy atom. The molecule has 0 aromatic heterocycles. The van der Waals surface area contributed by atoms with Crippen molar-refractivity contribution in [2.75, 3.05) is 0 Å². The van der Waals surface area contributed by atoms with Crippen LogP contribution in [0.4, 0.5) is 0 Å². The third-order valence-electron chi connectivity index (χ3n) is 3.19. The summed E-state index contributed by atoms with van der Waals surface area (Å²) in [5, 5.41) is 7.42. The number of benzene rings is 3. The normalized spacial score (nSPS) is 9.42. The third kappa shape index (κ3) is 6.61. The Labute approximate surface area is 167 Å². The van der Waals surface area contributed by atoms with Gasteiger partial charge in [-0.2, -0.15) is 0 Å². The zero-order valence-corrected chi connectivity index (χ0v) is 19.9. The fraction of sp³-hybridized carbons (Fsp3) is 0.0500. The van der Waals surface area contributed by atoms with Crippen LogP contribution in [0.1, 0.15) is 6.92 Å². The molecule has 0 saturated carbocycles. The van der Waals surface area contributed by atoms with Gasteiger partial charge in [0.2, 0.25) is 0 Å². The average Bonchev–Trinajstić information content (AvgIpc) is 2.58. The van der Waals surface area contributed by atoms with Crippen molar-refractivity contribution in [1.29, 1.82) is 0 Å². The summed E-state index contributed by atoms with van der Waals surface area (Å²) in [4.78, 5) is 9.00. The van der Waals surface area contributed by atoms with Crippen molar-refractivity contribution in [2.24, 2.45) is 0 Å². The second-order valence-corrected chi connectivity index (χ2v) is 10.2. The zero-order valence-electron chi connectivity index (χ0n) is 13.7. The fourth-order valence-corrected chi connectivity index (χ4v) is 7.72. The van der Waals surface area contributed by atoms with Gasteiger partial charge in [0, 0.05) is 34.2 Å². The van der Waals surface area contributed by atoms with Crippen LogP contribution in [0.25, 0.3) is 0 Å². The summed E-state index contributed by atoms with van der Waals surface area (Å²) in [7, 11) is 0. The number of rotatable bonds is 3. The molecule has 0 spiro atoms. The predicted molar refractivity (Wildman–Crippen MR) is 97.3 cm³/mol. The van der Waals surface area contributed by atoms with E-state index in [0.29, 0.717) is 0 Å². The first-order valence-electron chi connectivity index (χ1n) is 7.41.